The van der Waals surface area contributed by atoms with E-state index in [4.69, 9.17) is 11.6 Å². The second-order valence-corrected chi connectivity index (χ2v) is 2.74. The molecule has 0 radical (unpaired) electrons. The molecule has 0 unspecified atom stereocenters. The molecule has 0 fully saturated rings. The number of hydrogen-bond acceptors (Lipinski definition) is 5. The minimum Gasteiger partial charge on any atom is -0.464 e. The van der Waals surface area contributed by atoms with Crippen molar-refractivity contribution in [2.75, 3.05) is 7.11 Å². The van der Waals surface area contributed by atoms with Crippen molar-refractivity contribution in [1.29, 1.82) is 0 Å². The fourth-order valence-electron chi connectivity index (χ4n) is 0.397. The van der Waals surface area contributed by atoms with Crippen LogP contribution in [0.2, 0.25) is 4.34 Å². The molecule has 0 saturated carbocycles. The van der Waals surface area contributed by atoms with Crippen molar-refractivity contribution >= 4 is 29.1 Å². The van der Waals surface area contributed by atoms with E-state index >= 15 is 0 Å². The van der Waals surface area contributed by atoms with Crippen molar-refractivity contribution in [1.82, 2.24) is 9.59 Å². The minimum atomic E-state index is -0.557. The molecule has 0 saturated heterocycles. The van der Waals surface area contributed by atoms with Gasteiger partial charge in [-0.15, -0.1) is 5.10 Å². The minimum absolute atomic E-state index is 0.0779. The molecular weight excluding hydrogens is 176 g/mol. The summed E-state index contributed by atoms with van der Waals surface area (Å²) >= 11 is 6.46. The molecule has 4 nitrogen and oxygen atoms in total. The molecule has 1 heterocycles. The van der Waals surface area contributed by atoms with Crippen LogP contribution in [-0.2, 0) is 4.74 Å². The zero-order valence-electron chi connectivity index (χ0n) is 5.00. The summed E-state index contributed by atoms with van der Waals surface area (Å²) in [7, 11) is 1.26. The van der Waals surface area contributed by atoms with Gasteiger partial charge in [0.15, 0.2) is 0 Å². The van der Waals surface area contributed by atoms with Crippen molar-refractivity contribution in [2.45, 2.75) is 0 Å². The maximum atomic E-state index is 10.7. The Morgan fingerprint density at radius 3 is 2.90 bits per heavy atom. The number of hydrogen-bond donors (Lipinski definition) is 0. The predicted molar refractivity (Wildman–Crippen MR) is 36.3 cm³/mol. The van der Waals surface area contributed by atoms with Crippen LogP contribution in [0.15, 0.2) is 0 Å². The van der Waals surface area contributed by atoms with Crippen molar-refractivity contribution in [3.05, 3.63) is 10.0 Å². The summed E-state index contributed by atoms with van der Waals surface area (Å²) in [6, 6.07) is 0. The van der Waals surface area contributed by atoms with Gasteiger partial charge in [-0.05, 0) is 0 Å². The lowest BCUT2D eigenvalue weighted by Crippen LogP contribution is -2.01. The molecule has 0 atom stereocenters. The van der Waals surface area contributed by atoms with E-state index in [2.05, 4.69) is 14.3 Å². The van der Waals surface area contributed by atoms with Gasteiger partial charge in [0.1, 0.15) is 4.34 Å². The Morgan fingerprint density at radius 2 is 2.50 bits per heavy atom. The topological polar surface area (TPSA) is 52.1 Å². The Labute approximate surface area is 65.9 Å². The van der Waals surface area contributed by atoms with Gasteiger partial charge in [-0.2, -0.15) is 0 Å². The van der Waals surface area contributed by atoms with Gasteiger partial charge < -0.3 is 4.74 Å². The Kier molecular flexibility index (Phi) is 2.18. The first-order chi connectivity index (χ1) is 4.75. The van der Waals surface area contributed by atoms with Crippen LogP contribution in [0.3, 0.4) is 0 Å². The average molecular weight is 179 g/mol. The lowest BCUT2D eigenvalue weighted by Gasteiger charge is -1.90. The molecule has 0 aromatic carbocycles. The largest absolute Gasteiger partial charge is 0.464 e. The van der Waals surface area contributed by atoms with Gasteiger partial charge in [0.2, 0.25) is 5.69 Å². The van der Waals surface area contributed by atoms with Gasteiger partial charge in [-0.1, -0.05) is 16.1 Å². The van der Waals surface area contributed by atoms with Crippen LogP contribution in [0, 0.1) is 0 Å². The van der Waals surface area contributed by atoms with Gasteiger partial charge in [0.25, 0.3) is 0 Å². The number of aromatic nitrogens is 2. The van der Waals surface area contributed by atoms with Gasteiger partial charge in [-0.25, -0.2) is 4.79 Å². The van der Waals surface area contributed by atoms with Crippen molar-refractivity contribution in [3.8, 4) is 0 Å². The summed E-state index contributed by atoms with van der Waals surface area (Å²) in [5.41, 5.74) is 0.0779. The molecule has 0 aliphatic carbocycles. The van der Waals surface area contributed by atoms with Crippen LogP contribution in [-0.4, -0.2) is 22.7 Å². The summed E-state index contributed by atoms with van der Waals surface area (Å²) in [5.74, 6) is -0.557. The lowest BCUT2D eigenvalue weighted by molar-refractivity contribution is 0.0594. The maximum absolute atomic E-state index is 10.7. The molecule has 6 heteroatoms. The van der Waals surface area contributed by atoms with E-state index in [9.17, 15) is 4.79 Å². The van der Waals surface area contributed by atoms with E-state index in [1.807, 2.05) is 0 Å². The van der Waals surface area contributed by atoms with Crippen molar-refractivity contribution in [3.63, 3.8) is 0 Å². The second-order valence-electron chi connectivity index (χ2n) is 1.39. The molecule has 1 rings (SSSR count). The van der Waals surface area contributed by atoms with Crippen molar-refractivity contribution in [2.24, 2.45) is 0 Å². The summed E-state index contributed by atoms with van der Waals surface area (Å²) in [6.45, 7) is 0. The molecular formula is C4H3ClN2O2S. The molecule has 10 heavy (non-hydrogen) atoms. The van der Waals surface area contributed by atoms with E-state index in [1.54, 1.807) is 0 Å². The van der Waals surface area contributed by atoms with E-state index in [-0.39, 0.29) is 10.0 Å². The molecule has 0 bridgehead atoms. The number of nitrogens with zero attached hydrogens (tertiary/aromatic N) is 2. The SMILES string of the molecule is COC(=O)c1nnsc1Cl. The quantitative estimate of drug-likeness (QED) is 0.602. The summed E-state index contributed by atoms with van der Waals surface area (Å²) < 4.78 is 8.06. The highest BCUT2D eigenvalue weighted by molar-refractivity contribution is 7.10. The average Bonchev–Trinajstić information content (AvgIpc) is 2.34. The van der Waals surface area contributed by atoms with E-state index < -0.39 is 5.97 Å². The Morgan fingerprint density at radius 1 is 1.80 bits per heavy atom. The molecule has 0 N–H and O–H groups in total. The van der Waals surface area contributed by atoms with Gasteiger partial charge in [0, 0.05) is 11.5 Å². The highest BCUT2D eigenvalue weighted by Gasteiger charge is 2.14. The standard InChI is InChI=1S/C4H3ClN2O2S/c1-9-4(8)2-3(5)10-7-6-2/h1H3. The number of halogens is 1. The second kappa shape index (κ2) is 2.94. The van der Waals surface area contributed by atoms with Crippen LogP contribution in [0.4, 0.5) is 0 Å². The fourth-order valence-corrected chi connectivity index (χ4v) is 1.01. The van der Waals surface area contributed by atoms with E-state index in [0.717, 1.165) is 11.5 Å². The molecule has 0 spiro atoms. The Hall–Kier alpha value is -0.680. The number of carbonyl (C=O) groups excluding carboxylic acids is 1. The number of esters is 1. The third-order valence-electron chi connectivity index (χ3n) is 0.827. The number of ether oxygens (including phenoxy) is 1. The normalized spacial score (nSPS) is 9.40. The van der Waals surface area contributed by atoms with Crippen LogP contribution in [0.1, 0.15) is 10.5 Å². The van der Waals surface area contributed by atoms with Crippen LogP contribution >= 0.6 is 23.1 Å². The monoisotopic (exact) mass is 178 g/mol. The molecule has 0 amide bonds. The van der Waals surface area contributed by atoms with Gasteiger partial charge >= 0.3 is 5.97 Å². The smallest absolute Gasteiger partial charge is 0.361 e. The molecule has 0 aliphatic heterocycles. The van der Waals surface area contributed by atoms with Gasteiger partial charge in [-0.3, -0.25) is 0 Å². The van der Waals surface area contributed by atoms with Crippen LogP contribution < -0.4 is 0 Å². The highest BCUT2D eigenvalue weighted by Crippen LogP contribution is 2.17. The molecule has 1 aromatic rings. The fraction of sp³-hybridized carbons (Fsp3) is 0.250. The number of rotatable bonds is 1. The Bertz CT molecular complexity index is 249. The predicted octanol–water partition coefficient (Wildman–Crippen LogP) is 0.978. The highest BCUT2D eigenvalue weighted by atomic mass is 35.5. The molecule has 0 aliphatic rings. The zero-order valence-corrected chi connectivity index (χ0v) is 6.57. The molecule has 1 aromatic heterocycles. The van der Waals surface area contributed by atoms with Crippen molar-refractivity contribution < 1.29 is 9.53 Å². The Balaban J connectivity index is 2.93. The summed E-state index contributed by atoms with van der Waals surface area (Å²) in [4.78, 5) is 10.7. The maximum Gasteiger partial charge on any atom is 0.361 e. The first-order valence-corrected chi connectivity index (χ1v) is 3.47. The van der Waals surface area contributed by atoms with E-state index in [1.165, 1.54) is 7.11 Å². The van der Waals surface area contributed by atoms with Gasteiger partial charge in [0.05, 0.1) is 7.11 Å². The first kappa shape index (κ1) is 7.43. The summed E-state index contributed by atoms with van der Waals surface area (Å²) in [6.07, 6.45) is 0. The first-order valence-electron chi connectivity index (χ1n) is 2.32. The lowest BCUT2D eigenvalue weighted by atomic mass is 10.5. The summed E-state index contributed by atoms with van der Waals surface area (Å²) in [5, 5.41) is 3.45. The third-order valence-corrected chi connectivity index (χ3v) is 1.73. The number of methoxy groups -OCH3 is 1. The zero-order chi connectivity index (χ0) is 7.56. The third kappa shape index (κ3) is 1.25. The number of carbonyl (C=O) groups is 1. The van der Waals surface area contributed by atoms with Crippen LogP contribution in [0.5, 0.6) is 0 Å². The molecule has 54 valence electrons. The van der Waals surface area contributed by atoms with Crippen LogP contribution in [0.25, 0.3) is 0 Å². The van der Waals surface area contributed by atoms with E-state index in [0.29, 0.717) is 0 Å².